The maximum absolute atomic E-state index is 11.7. The van der Waals surface area contributed by atoms with Crippen molar-refractivity contribution in [2.45, 2.75) is 72.1 Å². The van der Waals surface area contributed by atoms with Crippen LogP contribution in [0.2, 0.25) is 0 Å². The van der Waals surface area contributed by atoms with Crippen molar-refractivity contribution in [3.63, 3.8) is 0 Å². The van der Waals surface area contributed by atoms with E-state index in [0.717, 1.165) is 31.1 Å². The van der Waals surface area contributed by atoms with E-state index in [1.807, 2.05) is 6.08 Å². The van der Waals surface area contributed by atoms with Crippen molar-refractivity contribution < 1.29 is 4.79 Å². The normalized spacial score (nSPS) is 41.3. The molecule has 0 heterocycles. The van der Waals surface area contributed by atoms with Crippen molar-refractivity contribution in [1.29, 1.82) is 0 Å². The van der Waals surface area contributed by atoms with Crippen LogP contribution in [0, 0.1) is 22.7 Å². The zero-order valence-corrected chi connectivity index (χ0v) is 13.8. The van der Waals surface area contributed by atoms with Gasteiger partial charge in [-0.3, -0.25) is 4.79 Å². The predicted molar refractivity (Wildman–Crippen MR) is 85.9 cm³/mol. The molecule has 3 unspecified atom stereocenters. The molecular weight excluding hydrogens is 256 g/mol. The summed E-state index contributed by atoms with van der Waals surface area (Å²) in [4.78, 5) is 11.7. The highest BCUT2D eigenvalue weighted by Crippen LogP contribution is 2.66. The molecule has 1 nitrogen and oxygen atoms in total. The van der Waals surface area contributed by atoms with Crippen LogP contribution in [0.15, 0.2) is 22.8 Å². The molecule has 0 aromatic carbocycles. The number of rotatable bonds is 0. The van der Waals surface area contributed by atoms with Crippen molar-refractivity contribution in [1.82, 2.24) is 0 Å². The van der Waals surface area contributed by atoms with Gasteiger partial charge in [0.15, 0.2) is 5.78 Å². The summed E-state index contributed by atoms with van der Waals surface area (Å²) < 4.78 is 0. The van der Waals surface area contributed by atoms with Crippen LogP contribution < -0.4 is 0 Å². The van der Waals surface area contributed by atoms with Gasteiger partial charge in [0.2, 0.25) is 0 Å². The molecular formula is C20H28O. The van der Waals surface area contributed by atoms with Crippen LogP contribution in [0.3, 0.4) is 0 Å². The maximum Gasteiger partial charge on any atom is 0.156 e. The Kier molecular flexibility index (Phi) is 2.85. The lowest BCUT2D eigenvalue weighted by molar-refractivity contribution is -0.114. The average Bonchev–Trinajstić information content (AvgIpc) is 2.69. The summed E-state index contributed by atoms with van der Waals surface area (Å²) in [5.74, 6) is 2.07. The smallest absolute Gasteiger partial charge is 0.156 e. The van der Waals surface area contributed by atoms with Gasteiger partial charge in [-0.05, 0) is 84.8 Å². The van der Waals surface area contributed by atoms with Crippen LogP contribution in [0.5, 0.6) is 0 Å². The van der Waals surface area contributed by atoms with E-state index in [2.05, 4.69) is 20.8 Å². The minimum Gasteiger partial charge on any atom is -0.295 e. The largest absolute Gasteiger partial charge is 0.295 e. The van der Waals surface area contributed by atoms with Crippen LogP contribution >= 0.6 is 0 Å². The van der Waals surface area contributed by atoms with Gasteiger partial charge in [-0.15, -0.1) is 0 Å². The molecule has 0 amide bonds. The second-order valence-electron chi connectivity index (χ2n) is 8.73. The summed E-state index contributed by atoms with van der Waals surface area (Å²) in [6.45, 7) is 7.57. The predicted octanol–water partition coefficient (Wildman–Crippen LogP) is 5.22. The number of carbonyl (C=O) groups excluding carboxylic acids is 1. The standard InChI is InChI=1S/C20H28O/c1-19(2)10-9-18-17-6-4-13-12-14(21)5-7-15(13)16(17)8-11-20(18,19)3/h12,17-18H,4-11H2,1-3H3. The zero-order valence-electron chi connectivity index (χ0n) is 13.8. The molecule has 0 bridgehead atoms. The van der Waals surface area contributed by atoms with E-state index in [-0.39, 0.29) is 0 Å². The lowest BCUT2D eigenvalue weighted by Gasteiger charge is -2.52. The molecule has 0 radical (unpaired) electrons. The molecule has 0 aromatic heterocycles. The van der Waals surface area contributed by atoms with Crippen LogP contribution in [-0.2, 0) is 4.79 Å². The highest BCUT2D eigenvalue weighted by atomic mass is 16.1. The third-order valence-electron chi connectivity index (χ3n) is 7.75. The number of allylic oxidation sites excluding steroid dienone is 4. The number of fused-ring (bicyclic) bond motifs is 4. The number of ketones is 1. The Balaban J connectivity index is 1.75. The first-order chi connectivity index (χ1) is 9.92. The fourth-order valence-corrected chi connectivity index (χ4v) is 6.03. The molecule has 4 rings (SSSR count). The lowest BCUT2D eigenvalue weighted by Crippen LogP contribution is -2.43. The monoisotopic (exact) mass is 284 g/mol. The van der Waals surface area contributed by atoms with Gasteiger partial charge in [-0.2, -0.15) is 0 Å². The Morgan fingerprint density at radius 2 is 1.81 bits per heavy atom. The van der Waals surface area contributed by atoms with Gasteiger partial charge < -0.3 is 0 Å². The van der Waals surface area contributed by atoms with E-state index < -0.39 is 0 Å². The van der Waals surface area contributed by atoms with E-state index >= 15 is 0 Å². The third-order valence-corrected chi connectivity index (χ3v) is 7.75. The summed E-state index contributed by atoms with van der Waals surface area (Å²) in [7, 11) is 0. The molecule has 0 saturated heterocycles. The van der Waals surface area contributed by atoms with Crippen molar-refractivity contribution >= 4 is 5.78 Å². The minimum atomic E-state index is 0.357. The molecule has 0 N–H and O–H groups in total. The van der Waals surface area contributed by atoms with Gasteiger partial charge in [-0.25, -0.2) is 0 Å². The van der Waals surface area contributed by atoms with E-state index in [4.69, 9.17) is 0 Å². The van der Waals surface area contributed by atoms with Crippen molar-refractivity contribution in [3.8, 4) is 0 Å². The van der Waals surface area contributed by atoms with Crippen LogP contribution in [0.1, 0.15) is 72.1 Å². The number of hydrogen-bond acceptors (Lipinski definition) is 1. The van der Waals surface area contributed by atoms with E-state index in [9.17, 15) is 4.79 Å². The van der Waals surface area contributed by atoms with Crippen molar-refractivity contribution in [2.24, 2.45) is 22.7 Å². The fourth-order valence-electron chi connectivity index (χ4n) is 6.03. The second kappa shape index (κ2) is 4.33. The Hall–Kier alpha value is -0.850. The van der Waals surface area contributed by atoms with Gasteiger partial charge in [0.1, 0.15) is 0 Å². The maximum atomic E-state index is 11.7. The van der Waals surface area contributed by atoms with Gasteiger partial charge in [0, 0.05) is 6.42 Å². The highest BCUT2D eigenvalue weighted by Gasteiger charge is 2.56. The quantitative estimate of drug-likeness (QED) is 0.596. The summed E-state index contributed by atoms with van der Waals surface area (Å²) in [6, 6.07) is 0. The summed E-state index contributed by atoms with van der Waals surface area (Å²) in [5.41, 5.74) is 5.82. The van der Waals surface area contributed by atoms with Gasteiger partial charge in [-0.1, -0.05) is 26.3 Å². The molecule has 114 valence electrons. The van der Waals surface area contributed by atoms with Gasteiger partial charge in [0.05, 0.1) is 0 Å². The first kappa shape index (κ1) is 13.8. The van der Waals surface area contributed by atoms with Crippen molar-refractivity contribution in [2.75, 3.05) is 0 Å². The van der Waals surface area contributed by atoms with Crippen LogP contribution in [0.25, 0.3) is 0 Å². The molecule has 0 aliphatic heterocycles. The average molecular weight is 284 g/mol. The first-order valence-corrected chi connectivity index (χ1v) is 8.88. The zero-order chi connectivity index (χ0) is 14.8. The lowest BCUT2D eigenvalue weighted by atomic mass is 9.53. The molecule has 4 aliphatic carbocycles. The topological polar surface area (TPSA) is 17.1 Å². The van der Waals surface area contributed by atoms with Crippen LogP contribution in [-0.4, -0.2) is 5.78 Å². The molecule has 21 heavy (non-hydrogen) atoms. The molecule has 0 spiro atoms. The fraction of sp³-hybridized carbons (Fsp3) is 0.750. The number of hydrogen-bond donors (Lipinski definition) is 0. The summed E-state index contributed by atoms with van der Waals surface area (Å²) in [5, 5.41) is 0. The Labute approximate surface area is 128 Å². The van der Waals surface area contributed by atoms with Crippen LogP contribution in [0.4, 0.5) is 0 Å². The molecule has 1 heteroatoms. The van der Waals surface area contributed by atoms with E-state index in [0.29, 0.717) is 16.6 Å². The number of carbonyl (C=O) groups is 1. The summed E-state index contributed by atoms with van der Waals surface area (Å²) in [6.07, 6.45) is 11.7. The molecule has 4 aliphatic rings. The van der Waals surface area contributed by atoms with E-state index in [1.165, 1.54) is 37.7 Å². The second-order valence-corrected chi connectivity index (χ2v) is 8.73. The molecule has 0 aromatic rings. The van der Waals surface area contributed by atoms with Gasteiger partial charge in [0.25, 0.3) is 0 Å². The SMILES string of the molecule is CC1(C)CCC2C3CCC4=CC(=O)CCC4=C3CCC21C. The molecule has 2 saturated carbocycles. The van der Waals surface area contributed by atoms with Crippen molar-refractivity contribution in [3.05, 3.63) is 22.8 Å². The van der Waals surface area contributed by atoms with E-state index in [1.54, 1.807) is 11.1 Å². The summed E-state index contributed by atoms with van der Waals surface area (Å²) >= 11 is 0. The first-order valence-electron chi connectivity index (χ1n) is 8.88. The highest BCUT2D eigenvalue weighted by molar-refractivity contribution is 5.93. The molecule has 3 atom stereocenters. The Morgan fingerprint density at radius 1 is 1.00 bits per heavy atom. The minimum absolute atomic E-state index is 0.357. The molecule has 2 fully saturated rings. The van der Waals surface area contributed by atoms with Gasteiger partial charge >= 0.3 is 0 Å². The third kappa shape index (κ3) is 1.79. The Bertz CT molecular complexity index is 562. The Morgan fingerprint density at radius 3 is 2.62 bits per heavy atom.